The number of nitrogens with one attached hydrogen (secondary N) is 1. The van der Waals surface area contributed by atoms with Crippen LogP contribution in [-0.2, 0) is 13.2 Å². The molecule has 0 aliphatic rings. The van der Waals surface area contributed by atoms with E-state index in [1.165, 1.54) is 0 Å². The molecule has 0 saturated carbocycles. The Kier molecular flexibility index (Phi) is 6.19. The molecule has 3 aromatic rings. The molecule has 1 amide bonds. The Morgan fingerprint density at radius 3 is 2.89 bits per heavy atom. The van der Waals surface area contributed by atoms with Crippen LogP contribution in [-0.4, -0.2) is 22.2 Å². The third-order valence-electron chi connectivity index (χ3n) is 4.00. The largest absolute Gasteiger partial charge is 0.485 e. The molecule has 6 nitrogen and oxygen atoms in total. The number of aryl methyl sites for hydroxylation is 3. The fraction of sp³-hybridized carbons (Fsp3) is 0.300. The number of amides is 1. The minimum absolute atomic E-state index is 0.236. The molecule has 0 radical (unpaired) electrons. The van der Waals surface area contributed by atoms with Crippen LogP contribution in [0.4, 0.5) is 0 Å². The minimum atomic E-state index is -0.236. The van der Waals surface area contributed by atoms with Gasteiger partial charge in [-0.15, -0.1) is 0 Å². The molecule has 2 heterocycles. The lowest BCUT2D eigenvalue weighted by Gasteiger charge is -2.07. The van der Waals surface area contributed by atoms with E-state index in [2.05, 4.69) is 10.4 Å². The summed E-state index contributed by atoms with van der Waals surface area (Å²) in [4.78, 5) is 12.2. The molecule has 1 aromatic carbocycles. The topological polar surface area (TPSA) is 69.3 Å². The summed E-state index contributed by atoms with van der Waals surface area (Å²) in [6.07, 6.45) is 4.58. The first-order valence-electron chi connectivity index (χ1n) is 8.76. The highest BCUT2D eigenvalue weighted by Gasteiger charge is 2.11. The Hall–Kier alpha value is -2.73. The second-order valence-electron chi connectivity index (χ2n) is 6.35. The standard InChI is InChI=1S/C20H22ClN3O3/c1-14-11-23-24(12-14)9-3-8-22-20(25)19-7-5-17(27-19)13-26-18-6-4-16(21)10-15(18)2/h4-7,10-12H,3,8-9,13H2,1-2H3,(H,22,25). The predicted octanol–water partition coefficient (Wildman–Crippen LogP) is 4.15. The molecule has 1 N–H and O–H groups in total. The Balaban J connectivity index is 1.44. The van der Waals surface area contributed by atoms with Crippen molar-refractivity contribution in [2.75, 3.05) is 6.54 Å². The SMILES string of the molecule is Cc1cnn(CCCNC(=O)c2ccc(COc3ccc(Cl)cc3C)o2)c1. The zero-order valence-corrected chi connectivity index (χ0v) is 16.1. The molecule has 7 heteroatoms. The highest BCUT2D eigenvalue weighted by molar-refractivity contribution is 6.30. The first kappa shape index (κ1) is 19.0. The molecule has 0 bridgehead atoms. The maximum Gasteiger partial charge on any atom is 0.286 e. The van der Waals surface area contributed by atoms with Gasteiger partial charge >= 0.3 is 0 Å². The van der Waals surface area contributed by atoms with Crippen molar-refractivity contribution in [1.82, 2.24) is 15.1 Å². The van der Waals surface area contributed by atoms with Gasteiger partial charge in [0.25, 0.3) is 5.91 Å². The van der Waals surface area contributed by atoms with Crippen molar-refractivity contribution in [2.24, 2.45) is 0 Å². The number of carbonyl (C=O) groups excluding carboxylic acids is 1. The lowest BCUT2D eigenvalue weighted by atomic mass is 10.2. The normalized spacial score (nSPS) is 10.8. The van der Waals surface area contributed by atoms with Crippen molar-refractivity contribution in [2.45, 2.75) is 33.4 Å². The minimum Gasteiger partial charge on any atom is -0.485 e. The van der Waals surface area contributed by atoms with E-state index in [4.69, 9.17) is 20.8 Å². The quantitative estimate of drug-likeness (QED) is 0.589. The van der Waals surface area contributed by atoms with Gasteiger partial charge in [0.2, 0.25) is 0 Å². The molecule has 0 aliphatic carbocycles. The van der Waals surface area contributed by atoms with Crippen LogP contribution in [0.15, 0.2) is 47.1 Å². The van der Waals surface area contributed by atoms with Crippen molar-refractivity contribution in [3.05, 3.63) is 70.4 Å². The highest BCUT2D eigenvalue weighted by Crippen LogP contribution is 2.23. The number of nitrogens with zero attached hydrogens (tertiary/aromatic N) is 2. The molecule has 0 unspecified atom stereocenters. The van der Waals surface area contributed by atoms with Crippen molar-refractivity contribution in [3.63, 3.8) is 0 Å². The van der Waals surface area contributed by atoms with E-state index in [9.17, 15) is 4.79 Å². The number of hydrogen-bond acceptors (Lipinski definition) is 4. The maximum atomic E-state index is 12.2. The van der Waals surface area contributed by atoms with Crippen LogP contribution in [0.3, 0.4) is 0 Å². The number of hydrogen-bond donors (Lipinski definition) is 1. The molecular weight excluding hydrogens is 366 g/mol. The smallest absolute Gasteiger partial charge is 0.286 e. The Labute approximate surface area is 163 Å². The zero-order valence-electron chi connectivity index (χ0n) is 15.4. The second-order valence-corrected chi connectivity index (χ2v) is 6.79. The van der Waals surface area contributed by atoms with Gasteiger partial charge in [-0.1, -0.05) is 11.6 Å². The average molecular weight is 388 g/mol. The molecule has 0 aliphatic heterocycles. The predicted molar refractivity (Wildman–Crippen MR) is 103 cm³/mol. The van der Waals surface area contributed by atoms with Crippen molar-refractivity contribution >= 4 is 17.5 Å². The molecule has 3 rings (SSSR count). The van der Waals surface area contributed by atoms with Gasteiger partial charge in [-0.25, -0.2) is 0 Å². The monoisotopic (exact) mass is 387 g/mol. The van der Waals surface area contributed by atoms with Gasteiger partial charge < -0.3 is 14.5 Å². The Bertz CT molecular complexity index is 917. The van der Waals surface area contributed by atoms with Gasteiger partial charge in [0.05, 0.1) is 6.20 Å². The van der Waals surface area contributed by atoms with Gasteiger partial charge in [-0.2, -0.15) is 5.10 Å². The van der Waals surface area contributed by atoms with Gasteiger partial charge in [0.15, 0.2) is 5.76 Å². The molecule has 0 fully saturated rings. The molecule has 0 saturated heterocycles. The van der Waals surface area contributed by atoms with Crippen LogP contribution in [0.2, 0.25) is 5.02 Å². The maximum absolute atomic E-state index is 12.2. The molecular formula is C20H22ClN3O3. The van der Waals surface area contributed by atoms with E-state index in [1.54, 1.807) is 18.2 Å². The van der Waals surface area contributed by atoms with Gasteiger partial charge in [-0.3, -0.25) is 9.48 Å². The molecule has 27 heavy (non-hydrogen) atoms. The van der Waals surface area contributed by atoms with Crippen LogP contribution >= 0.6 is 11.6 Å². The summed E-state index contributed by atoms with van der Waals surface area (Å²) in [5.41, 5.74) is 2.07. The lowest BCUT2D eigenvalue weighted by molar-refractivity contribution is 0.0920. The van der Waals surface area contributed by atoms with E-state index >= 15 is 0 Å². The Morgan fingerprint density at radius 1 is 1.30 bits per heavy atom. The fourth-order valence-electron chi connectivity index (χ4n) is 2.62. The van der Waals surface area contributed by atoms with Crippen molar-refractivity contribution < 1.29 is 13.9 Å². The zero-order chi connectivity index (χ0) is 19.2. The summed E-state index contributed by atoms with van der Waals surface area (Å²) >= 11 is 5.94. The van der Waals surface area contributed by atoms with Crippen LogP contribution in [0.25, 0.3) is 0 Å². The van der Waals surface area contributed by atoms with E-state index in [0.29, 0.717) is 17.3 Å². The summed E-state index contributed by atoms with van der Waals surface area (Å²) in [5.74, 6) is 1.36. The number of benzene rings is 1. The third-order valence-corrected chi connectivity index (χ3v) is 4.24. The van der Waals surface area contributed by atoms with Crippen LogP contribution in [0.5, 0.6) is 5.75 Å². The summed E-state index contributed by atoms with van der Waals surface area (Å²) in [6, 6.07) is 8.82. The lowest BCUT2D eigenvalue weighted by Crippen LogP contribution is -2.24. The van der Waals surface area contributed by atoms with Crippen LogP contribution in [0.1, 0.15) is 33.9 Å². The number of aromatic nitrogens is 2. The number of ether oxygens (including phenoxy) is 1. The van der Waals surface area contributed by atoms with Crippen molar-refractivity contribution in [3.8, 4) is 5.75 Å². The molecule has 0 spiro atoms. The number of rotatable bonds is 8. The Morgan fingerprint density at radius 2 is 2.15 bits per heavy atom. The van der Waals surface area contributed by atoms with E-state index in [1.807, 2.05) is 43.1 Å². The van der Waals surface area contributed by atoms with Crippen molar-refractivity contribution in [1.29, 1.82) is 0 Å². The summed E-state index contributed by atoms with van der Waals surface area (Å²) in [6.45, 7) is 5.47. The van der Waals surface area contributed by atoms with Gasteiger partial charge in [0.1, 0.15) is 18.1 Å². The van der Waals surface area contributed by atoms with E-state index in [-0.39, 0.29) is 18.3 Å². The first-order chi connectivity index (χ1) is 13.0. The molecule has 142 valence electrons. The second kappa shape index (κ2) is 8.77. The van der Waals surface area contributed by atoms with E-state index < -0.39 is 0 Å². The van der Waals surface area contributed by atoms with Gasteiger partial charge in [-0.05, 0) is 61.7 Å². The average Bonchev–Trinajstić information content (AvgIpc) is 3.27. The number of furan rings is 1. The third kappa shape index (κ3) is 5.37. The number of carbonyl (C=O) groups is 1. The number of halogens is 1. The van der Waals surface area contributed by atoms with Crippen LogP contribution < -0.4 is 10.1 Å². The molecule has 2 aromatic heterocycles. The van der Waals surface area contributed by atoms with Crippen LogP contribution in [0, 0.1) is 13.8 Å². The summed E-state index contributed by atoms with van der Waals surface area (Å²) < 4.78 is 13.2. The molecule has 0 atom stereocenters. The first-order valence-corrected chi connectivity index (χ1v) is 9.14. The fourth-order valence-corrected chi connectivity index (χ4v) is 2.85. The van der Waals surface area contributed by atoms with E-state index in [0.717, 1.165) is 29.8 Å². The van der Waals surface area contributed by atoms with Gasteiger partial charge in [0, 0.05) is 24.3 Å². The summed E-state index contributed by atoms with van der Waals surface area (Å²) in [5, 5.41) is 7.73. The summed E-state index contributed by atoms with van der Waals surface area (Å²) in [7, 11) is 0. The highest BCUT2D eigenvalue weighted by atomic mass is 35.5.